The summed E-state index contributed by atoms with van der Waals surface area (Å²) in [5.74, 6) is 2.95. The molecule has 0 bridgehead atoms. The van der Waals surface area contributed by atoms with Crippen LogP contribution in [0, 0.1) is 68.0 Å². The summed E-state index contributed by atoms with van der Waals surface area (Å²) in [5.41, 5.74) is 4.10. The van der Waals surface area contributed by atoms with Crippen LogP contribution in [0.15, 0.2) is 53.8 Å². The van der Waals surface area contributed by atoms with Gasteiger partial charge in [-0.25, -0.2) is 13.4 Å². The average Bonchev–Trinajstić information content (AvgIpc) is 3.63. The maximum atomic E-state index is 13.0. The summed E-state index contributed by atoms with van der Waals surface area (Å²) in [6.07, 6.45) is 24.4. The lowest BCUT2D eigenvalue weighted by molar-refractivity contribution is -0.221. The molecule has 10 atom stereocenters. The first kappa shape index (κ1) is 48.5. The third kappa shape index (κ3) is 8.40. The van der Waals surface area contributed by atoms with Crippen LogP contribution in [0.1, 0.15) is 170 Å². The van der Waals surface area contributed by atoms with E-state index in [1.807, 2.05) is 6.92 Å². The minimum Gasteiger partial charge on any atom is -0.476 e. The Morgan fingerprint density at radius 2 is 1.71 bits per heavy atom. The van der Waals surface area contributed by atoms with Gasteiger partial charge in [-0.3, -0.25) is 4.79 Å². The second-order valence-electron chi connectivity index (χ2n) is 24.0. The fraction of sp³-hybridized carbons (Fsp3) is 0.764. The predicted octanol–water partition coefficient (Wildman–Crippen LogP) is 11.0. The van der Waals surface area contributed by atoms with Gasteiger partial charge in [-0.05, 0) is 204 Å². The van der Waals surface area contributed by atoms with E-state index in [1.54, 1.807) is 18.3 Å². The van der Waals surface area contributed by atoms with Crippen molar-refractivity contribution in [2.24, 2.45) is 56.7 Å². The molecular weight excluding hydrogens is 831 g/mol. The fourth-order valence-electron chi connectivity index (χ4n) is 16.8. The molecule has 65 heavy (non-hydrogen) atoms. The predicted molar refractivity (Wildman–Crippen MR) is 257 cm³/mol. The van der Waals surface area contributed by atoms with Gasteiger partial charge in [-0.1, -0.05) is 58.9 Å². The van der Waals surface area contributed by atoms with Crippen LogP contribution in [0.3, 0.4) is 0 Å². The van der Waals surface area contributed by atoms with Gasteiger partial charge in [0.1, 0.15) is 21.5 Å². The van der Waals surface area contributed by atoms with Crippen LogP contribution in [0.4, 0.5) is 0 Å². The van der Waals surface area contributed by atoms with Gasteiger partial charge in [-0.15, -0.1) is 0 Å². The van der Waals surface area contributed by atoms with E-state index in [4.69, 9.17) is 9.47 Å². The molecule has 5 saturated carbocycles. The molecule has 1 aromatic rings. The average molecular weight is 912 g/mol. The lowest BCUT2D eigenvalue weighted by Gasteiger charge is -2.72. The topological polar surface area (TPSA) is 139 Å². The molecule has 8 rings (SSSR count). The number of pyridine rings is 1. The third-order valence-electron chi connectivity index (χ3n) is 20.5. The summed E-state index contributed by atoms with van der Waals surface area (Å²) in [7, 11) is -3.08. The van der Waals surface area contributed by atoms with E-state index in [9.17, 15) is 23.6 Å². The molecule has 2 N–H and O–H groups in total. The number of carbonyl (C=O) groups is 1. The smallest absolute Gasteiger partial charge is 0.306 e. The SMILES string of the molecule is C=C(C)[C@@H]1CC[C@]2(NCC[C@]3(O)CC[C@H](S(C)(=O)=O)CC3)CC[C@]3(C)[C@H](CC[C@@H]4[C@@]5(C)CC=C(C6=CC[C@](COc7ncccc7C#N)(CC(=O)OCC)CC6)C(C)(C)[C@@H]5CC[C@]43C)[C@@H]12. The second kappa shape index (κ2) is 17.5. The highest BCUT2D eigenvalue weighted by Crippen LogP contribution is 2.76. The van der Waals surface area contributed by atoms with Gasteiger partial charge in [-0.2, -0.15) is 5.26 Å². The van der Waals surface area contributed by atoms with Crippen LogP contribution >= 0.6 is 0 Å². The van der Waals surface area contributed by atoms with Crippen molar-refractivity contribution in [3.05, 3.63) is 59.3 Å². The van der Waals surface area contributed by atoms with Crippen molar-refractivity contribution >= 4 is 15.8 Å². The Hall–Kier alpha value is -3.00. The molecule has 0 aromatic carbocycles. The maximum Gasteiger partial charge on any atom is 0.306 e. The van der Waals surface area contributed by atoms with Gasteiger partial charge in [0.05, 0.1) is 30.5 Å². The van der Waals surface area contributed by atoms with Crippen LogP contribution in [-0.4, -0.2) is 66.9 Å². The zero-order valence-corrected chi connectivity index (χ0v) is 42.0. The number of sulfone groups is 1. The number of ether oxygens (including phenoxy) is 2. The van der Waals surface area contributed by atoms with Gasteiger partial charge < -0.3 is 19.9 Å². The van der Waals surface area contributed by atoms with Crippen molar-refractivity contribution < 1.29 is 27.8 Å². The molecule has 7 aliphatic carbocycles. The van der Waals surface area contributed by atoms with Crippen molar-refractivity contribution in [1.82, 2.24) is 10.3 Å². The number of aliphatic hydroxyl groups is 1. The van der Waals surface area contributed by atoms with Crippen molar-refractivity contribution in [1.29, 1.82) is 5.26 Å². The van der Waals surface area contributed by atoms with Gasteiger partial charge in [0.2, 0.25) is 5.88 Å². The van der Waals surface area contributed by atoms with Crippen molar-refractivity contribution in [2.75, 3.05) is 26.0 Å². The standard InChI is InChI=1S/C55H81N3O6S/c1-10-63-46(59)34-53(36-64-48-39(35-56)12-11-32-57-48)24-15-38(16-25-53)42-20-22-50(6)44(49(42,4)5)21-23-52(8)45(50)14-13-43-47-41(37(2)3)19-28-55(47,30-29-51(43,52)7)58-33-31-54(60)26-17-40(18-27-54)65(9,61)62/h11-12,15,20,32,40-41,43-45,47,58,60H,2,10,13-14,16-19,21-31,33-34,36H2,1,3-9H3/t40-,41-,43+,44-,45+,47+,50-,51+,52+,53+,54-,55-/m0/s1. The highest BCUT2D eigenvalue weighted by atomic mass is 32.2. The molecule has 0 radical (unpaired) electrons. The zero-order chi connectivity index (χ0) is 46.8. The molecule has 358 valence electrons. The van der Waals surface area contributed by atoms with Crippen LogP contribution in [-0.2, 0) is 19.4 Å². The fourth-order valence-corrected chi connectivity index (χ4v) is 17.9. The van der Waals surface area contributed by atoms with Crippen molar-refractivity contribution in [3.8, 4) is 11.9 Å². The molecule has 0 unspecified atom stereocenters. The lowest BCUT2D eigenvalue weighted by atomic mass is 9.33. The van der Waals surface area contributed by atoms with E-state index in [1.165, 1.54) is 67.9 Å². The molecule has 0 saturated heterocycles. The largest absolute Gasteiger partial charge is 0.476 e. The highest BCUT2D eigenvalue weighted by Gasteiger charge is 2.70. The molecular formula is C55H81N3O6S. The Morgan fingerprint density at radius 3 is 2.37 bits per heavy atom. The number of rotatable bonds is 13. The van der Waals surface area contributed by atoms with E-state index in [2.05, 4.69) is 76.6 Å². The third-order valence-corrected chi connectivity index (χ3v) is 22.1. The van der Waals surface area contributed by atoms with E-state index >= 15 is 0 Å². The van der Waals surface area contributed by atoms with Gasteiger partial charge in [0.25, 0.3) is 0 Å². The summed E-state index contributed by atoms with van der Waals surface area (Å²) >= 11 is 0. The maximum absolute atomic E-state index is 13.0. The van der Waals surface area contributed by atoms with Crippen LogP contribution in [0.5, 0.6) is 5.88 Å². The minimum absolute atomic E-state index is 0.00145. The Balaban J connectivity index is 1.00. The molecule has 5 fully saturated rings. The number of nitriles is 1. The summed E-state index contributed by atoms with van der Waals surface area (Å²) in [6.45, 7) is 23.3. The summed E-state index contributed by atoms with van der Waals surface area (Å²) in [4.78, 5) is 17.4. The number of hydrogen-bond acceptors (Lipinski definition) is 9. The molecule has 9 nitrogen and oxygen atoms in total. The van der Waals surface area contributed by atoms with Crippen LogP contribution in [0.25, 0.3) is 0 Å². The van der Waals surface area contributed by atoms with E-state index in [0.29, 0.717) is 92.8 Å². The van der Waals surface area contributed by atoms with Gasteiger partial charge >= 0.3 is 5.97 Å². The number of allylic oxidation sites excluding steroid dienone is 5. The number of esters is 1. The number of fused-ring (bicyclic) bond motifs is 7. The molecule has 10 heteroatoms. The Bertz CT molecular complexity index is 2220. The van der Waals surface area contributed by atoms with Crippen LogP contribution in [0.2, 0.25) is 0 Å². The summed E-state index contributed by atoms with van der Waals surface area (Å²) in [5, 5.41) is 25.2. The van der Waals surface area contributed by atoms with Crippen molar-refractivity contribution in [3.63, 3.8) is 0 Å². The van der Waals surface area contributed by atoms with Gasteiger partial charge in [0, 0.05) is 23.4 Å². The monoisotopic (exact) mass is 912 g/mol. The first-order valence-corrected chi connectivity index (χ1v) is 27.4. The van der Waals surface area contributed by atoms with E-state index < -0.39 is 20.9 Å². The molecule has 7 aliphatic rings. The van der Waals surface area contributed by atoms with E-state index in [-0.39, 0.29) is 44.8 Å². The summed E-state index contributed by atoms with van der Waals surface area (Å²) < 4.78 is 36.2. The minimum atomic E-state index is -3.08. The number of hydrogen-bond donors (Lipinski definition) is 2. The zero-order valence-electron chi connectivity index (χ0n) is 41.2. The molecule has 1 heterocycles. The second-order valence-corrected chi connectivity index (χ2v) is 26.3. The molecule has 1 aromatic heterocycles. The number of carbonyl (C=O) groups excluding carboxylic acids is 1. The molecule has 0 spiro atoms. The quantitative estimate of drug-likeness (QED) is 0.146. The number of nitrogens with zero attached hydrogens (tertiary/aromatic N) is 2. The summed E-state index contributed by atoms with van der Waals surface area (Å²) in [6, 6.07) is 5.64. The number of nitrogens with one attached hydrogen (secondary N) is 1. The van der Waals surface area contributed by atoms with E-state index in [0.717, 1.165) is 32.2 Å². The van der Waals surface area contributed by atoms with Gasteiger partial charge in [0.15, 0.2) is 0 Å². The Kier molecular flexibility index (Phi) is 13.1. The Labute approximate surface area is 392 Å². The Morgan fingerprint density at radius 1 is 0.954 bits per heavy atom. The molecule has 0 amide bonds. The first-order chi connectivity index (χ1) is 30.6. The normalized spacial score (nSPS) is 41.0. The van der Waals surface area contributed by atoms with Crippen molar-refractivity contribution in [2.45, 2.75) is 180 Å². The first-order valence-electron chi connectivity index (χ1n) is 25.4. The number of aromatic nitrogens is 1. The lowest BCUT2D eigenvalue weighted by Crippen LogP contribution is -2.68. The van der Waals surface area contributed by atoms with Crippen LogP contribution < -0.4 is 10.1 Å². The highest BCUT2D eigenvalue weighted by molar-refractivity contribution is 7.91. The molecule has 0 aliphatic heterocycles.